The van der Waals surface area contributed by atoms with Crippen LogP contribution in [0.15, 0.2) is 48.8 Å². The molecule has 1 heterocycles. The summed E-state index contributed by atoms with van der Waals surface area (Å²) in [5.41, 5.74) is 1.84. The quantitative estimate of drug-likeness (QED) is 0.922. The first-order valence-corrected chi connectivity index (χ1v) is 7.27. The summed E-state index contributed by atoms with van der Waals surface area (Å²) in [5.74, 6) is 0.281. The summed E-state index contributed by atoms with van der Waals surface area (Å²) in [6.45, 7) is 0.795. The second kappa shape index (κ2) is 6.56. The Balaban J connectivity index is 1.39. The number of aromatic nitrogens is 1. The lowest BCUT2D eigenvalue weighted by molar-refractivity contribution is 0.139. The average Bonchev–Trinajstić information content (AvgIpc) is 3.32. The maximum atomic E-state index is 13.1. The minimum Gasteiger partial charge on any atom is -0.445 e. The van der Waals surface area contributed by atoms with Gasteiger partial charge in [0.1, 0.15) is 12.4 Å². The van der Waals surface area contributed by atoms with Gasteiger partial charge in [-0.05, 0) is 35.4 Å². The van der Waals surface area contributed by atoms with E-state index in [0.29, 0.717) is 12.5 Å². The van der Waals surface area contributed by atoms with Crippen LogP contribution in [0.25, 0.3) is 0 Å². The molecule has 2 aromatic rings. The first-order chi connectivity index (χ1) is 10.7. The number of ether oxygens (including phenoxy) is 1. The molecule has 1 aromatic heterocycles. The van der Waals surface area contributed by atoms with E-state index in [1.165, 1.54) is 12.3 Å². The highest BCUT2D eigenvalue weighted by molar-refractivity contribution is 5.67. The van der Waals surface area contributed by atoms with Crippen molar-refractivity contribution >= 4 is 6.09 Å². The normalized spacial score (nSPS) is 19.5. The SMILES string of the molecule is O=C(NC[C@@H]1C[C@H]1c1cncc(F)c1)OCc1ccccc1. The molecule has 0 unspecified atom stereocenters. The van der Waals surface area contributed by atoms with Crippen molar-refractivity contribution in [2.24, 2.45) is 5.92 Å². The van der Waals surface area contributed by atoms with Crippen LogP contribution in [0.1, 0.15) is 23.5 Å². The Labute approximate surface area is 128 Å². The number of nitrogens with one attached hydrogen (secondary N) is 1. The van der Waals surface area contributed by atoms with Crippen molar-refractivity contribution in [1.82, 2.24) is 10.3 Å². The summed E-state index contributed by atoms with van der Waals surface area (Å²) in [6, 6.07) is 11.0. The number of carbonyl (C=O) groups is 1. The van der Waals surface area contributed by atoms with Crippen molar-refractivity contribution in [1.29, 1.82) is 0 Å². The van der Waals surface area contributed by atoms with Crippen molar-refractivity contribution in [3.63, 3.8) is 0 Å². The second-order valence-electron chi connectivity index (χ2n) is 5.48. The number of benzene rings is 1. The molecule has 0 radical (unpaired) electrons. The molecule has 1 amide bonds. The number of rotatable bonds is 5. The van der Waals surface area contributed by atoms with E-state index in [-0.39, 0.29) is 18.3 Å². The Morgan fingerprint density at radius 2 is 2.14 bits per heavy atom. The van der Waals surface area contributed by atoms with Crippen LogP contribution in [0.3, 0.4) is 0 Å². The Morgan fingerprint density at radius 1 is 1.32 bits per heavy atom. The molecule has 0 spiro atoms. The number of pyridine rings is 1. The molecule has 2 atom stereocenters. The molecule has 1 saturated carbocycles. The number of hydrogen-bond acceptors (Lipinski definition) is 3. The molecule has 114 valence electrons. The van der Waals surface area contributed by atoms with Crippen molar-refractivity contribution in [3.05, 3.63) is 65.7 Å². The summed E-state index contributed by atoms with van der Waals surface area (Å²) in [6.07, 6.45) is 3.39. The van der Waals surface area contributed by atoms with Crippen molar-refractivity contribution in [2.45, 2.75) is 18.9 Å². The largest absolute Gasteiger partial charge is 0.445 e. The Kier molecular flexibility index (Phi) is 4.32. The highest BCUT2D eigenvalue weighted by Gasteiger charge is 2.38. The van der Waals surface area contributed by atoms with Gasteiger partial charge in [0.15, 0.2) is 0 Å². The molecule has 1 aliphatic rings. The molecule has 1 aromatic carbocycles. The van der Waals surface area contributed by atoms with Gasteiger partial charge in [-0.2, -0.15) is 0 Å². The number of nitrogens with zero attached hydrogens (tertiary/aromatic N) is 1. The van der Waals surface area contributed by atoms with Gasteiger partial charge in [-0.1, -0.05) is 30.3 Å². The number of halogens is 1. The predicted molar refractivity (Wildman–Crippen MR) is 79.7 cm³/mol. The van der Waals surface area contributed by atoms with E-state index in [2.05, 4.69) is 10.3 Å². The van der Waals surface area contributed by atoms with Gasteiger partial charge in [0.05, 0.1) is 6.20 Å². The number of amides is 1. The van der Waals surface area contributed by atoms with Gasteiger partial charge in [0.25, 0.3) is 0 Å². The third-order valence-corrected chi connectivity index (χ3v) is 3.80. The minimum absolute atomic E-state index is 0.259. The van der Waals surface area contributed by atoms with Gasteiger partial charge in [0, 0.05) is 12.7 Å². The summed E-state index contributed by atoms with van der Waals surface area (Å²) < 4.78 is 18.2. The van der Waals surface area contributed by atoms with E-state index < -0.39 is 6.09 Å². The molecule has 0 aliphatic heterocycles. The third-order valence-electron chi connectivity index (χ3n) is 3.80. The Morgan fingerprint density at radius 3 is 2.91 bits per heavy atom. The monoisotopic (exact) mass is 300 g/mol. The summed E-state index contributed by atoms with van der Waals surface area (Å²) >= 11 is 0. The molecule has 0 bridgehead atoms. The molecule has 0 saturated heterocycles. The fourth-order valence-corrected chi connectivity index (χ4v) is 2.50. The zero-order valence-corrected chi connectivity index (χ0v) is 12.0. The topological polar surface area (TPSA) is 51.2 Å². The van der Waals surface area contributed by atoms with E-state index in [1.807, 2.05) is 30.3 Å². The number of alkyl carbamates (subject to hydrolysis) is 1. The Bertz CT molecular complexity index is 648. The van der Waals surface area contributed by atoms with Gasteiger partial charge in [-0.15, -0.1) is 0 Å². The van der Waals surface area contributed by atoms with Gasteiger partial charge >= 0.3 is 6.09 Å². The molecule has 22 heavy (non-hydrogen) atoms. The third kappa shape index (κ3) is 3.81. The molecule has 1 N–H and O–H groups in total. The maximum absolute atomic E-state index is 13.1. The van der Waals surface area contributed by atoms with E-state index >= 15 is 0 Å². The molecular formula is C17H17FN2O2. The smallest absolute Gasteiger partial charge is 0.407 e. The van der Waals surface area contributed by atoms with E-state index in [9.17, 15) is 9.18 Å². The van der Waals surface area contributed by atoms with E-state index in [0.717, 1.165) is 17.5 Å². The standard InChI is InChI=1S/C17H17FN2O2/c18-15-6-13(8-19-10-15)16-7-14(16)9-20-17(21)22-11-12-4-2-1-3-5-12/h1-6,8,10,14,16H,7,9,11H2,(H,20,21)/t14-,16-/m0/s1. The summed E-state index contributed by atoms with van der Waals surface area (Å²) in [4.78, 5) is 15.5. The van der Waals surface area contributed by atoms with Crippen molar-refractivity contribution in [2.75, 3.05) is 6.54 Å². The zero-order valence-electron chi connectivity index (χ0n) is 12.0. The van der Waals surface area contributed by atoms with Crippen LogP contribution in [0.5, 0.6) is 0 Å². The van der Waals surface area contributed by atoms with Gasteiger partial charge < -0.3 is 10.1 Å². The maximum Gasteiger partial charge on any atom is 0.407 e. The van der Waals surface area contributed by atoms with Crippen LogP contribution >= 0.6 is 0 Å². The molecule has 4 nitrogen and oxygen atoms in total. The first kappa shape index (κ1) is 14.5. The average molecular weight is 300 g/mol. The lowest BCUT2D eigenvalue weighted by atomic mass is 10.1. The highest BCUT2D eigenvalue weighted by atomic mass is 19.1. The highest BCUT2D eigenvalue weighted by Crippen LogP contribution is 2.46. The lowest BCUT2D eigenvalue weighted by Crippen LogP contribution is -2.26. The van der Waals surface area contributed by atoms with E-state index in [4.69, 9.17) is 4.74 Å². The minimum atomic E-state index is -0.424. The zero-order chi connectivity index (χ0) is 15.4. The van der Waals surface area contributed by atoms with Crippen LogP contribution in [0.2, 0.25) is 0 Å². The fraction of sp³-hybridized carbons (Fsp3) is 0.294. The molecule has 1 aliphatic carbocycles. The van der Waals surface area contributed by atoms with Crippen LogP contribution in [-0.2, 0) is 11.3 Å². The van der Waals surface area contributed by atoms with Crippen LogP contribution in [-0.4, -0.2) is 17.6 Å². The number of carbonyl (C=O) groups excluding carboxylic acids is 1. The fourth-order valence-electron chi connectivity index (χ4n) is 2.50. The van der Waals surface area contributed by atoms with Gasteiger partial charge in [0.2, 0.25) is 0 Å². The summed E-state index contributed by atoms with van der Waals surface area (Å²) in [5, 5.41) is 2.75. The molecular weight excluding hydrogens is 283 g/mol. The van der Waals surface area contributed by atoms with Crippen molar-refractivity contribution < 1.29 is 13.9 Å². The summed E-state index contributed by atoms with van der Waals surface area (Å²) in [7, 11) is 0. The van der Waals surface area contributed by atoms with Gasteiger partial charge in [-0.25, -0.2) is 9.18 Å². The van der Waals surface area contributed by atoms with Crippen LogP contribution in [0, 0.1) is 11.7 Å². The number of hydrogen-bond donors (Lipinski definition) is 1. The van der Waals surface area contributed by atoms with E-state index in [1.54, 1.807) is 6.20 Å². The predicted octanol–water partition coefficient (Wildman–Crippen LogP) is 3.25. The van der Waals surface area contributed by atoms with Crippen LogP contribution < -0.4 is 5.32 Å². The molecule has 3 rings (SSSR count). The molecule has 1 fully saturated rings. The van der Waals surface area contributed by atoms with Gasteiger partial charge in [-0.3, -0.25) is 4.98 Å². The Hall–Kier alpha value is -2.43. The lowest BCUT2D eigenvalue weighted by Gasteiger charge is -2.07. The van der Waals surface area contributed by atoms with Crippen LogP contribution in [0.4, 0.5) is 9.18 Å². The second-order valence-corrected chi connectivity index (χ2v) is 5.48. The first-order valence-electron chi connectivity index (χ1n) is 7.27. The molecule has 5 heteroatoms. The van der Waals surface area contributed by atoms with Crippen molar-refractivity contribution in [3.8, 4) is 0 Å².